The Balaban J connectivity index is 1.08. The van der Waals surface area contributed by atoms with Crippen LogP contribution in [0.1, 0.15) is 0 Å². The zero-order chi connectivity index (χ0) is 33.0. The number of hydrogen-bond acceptors (Lipinski definition) is 4. The highest BCUT2D eigenvalue weighted by molar-refractivity contribution is 6.07. The molecule has 0 aliphatic heterocycles. The molecular weight excluding hydrogens is 611 g/mol. The molecule has 0 bridgehead atoms. The van der Waals surface area contributed by atoms with Crippen LogP contribution in [0.5, 0.6) is 0 Å². The molecule has 50 heavy (non-hydrogen) atoms. The quantitative estimate of drug-likeness (QED) is 0.188. The first-order valence-corrected chi connectivity index (χ1v) is 16.8. The van der Waals surface area contributed by atoms with Gasteiger partial charge in [0.1, 0.15) is 11.1 Å². The summed E-state index contributed by atoms with van der Waals surface area (Å²) in [5.41, 5.74) is 8.66. The Morgan fingerprint density at radius 3 is 1.42 bits per heavy atom. The molecule has 2 heterocycles. The molecule has 0 unspecified atom stereocenters. The zero-order valence-corrected chi connectivity index (χ0v) is 27.0. The molecule has 0 aliphatic carbocycles. The van der Waals surface area contributed by atoms with Crippen molar-refractivity contribution in [3.8, 4) is 22.3 Å². The van der Waals surface area contributed by atoms with Crippen molar-refractivity contribution in [3.63, 3.8) is 0 Å². The van der Waals surface area contributed by atoms with Crippen LogP contribution < -0.4 is 4.90 Å². The fraction of sp³-hybridized carbons (Fsp3) is 0. The number of furan rings is 1. The van der Waals surface area contributed by atoms with Crippen LogP contribution in [-0.2, 0) is 0 Å². The summed E-state index contributed by atoms with van der Waals surface area (Å²) in [7, 11) is 0. The van der Waals surface area contributed by atoms with Gasteiger partial charge in [-0.15, -0.1) is 0 Å². The van der Waals surface area contributed by atoms with Gasteiger partial charge in [0.2, 0.25) is 5.71 Å². The van der Waals surface area contributed by atoms with Crippen molar-refractivity contribution < 1.29 is 4.42 Å². The first-order valence-electron chi connectivity index (χ1n) is 16.8. The van der Waals surface area contributed by atoms with Gasteiger partial charge in [-0.1, -0.05) is 121 Å². The predicted octanol–water partition coefficient (Wildman–Crippen LogP) is 12.6. The number of aromatic nitrogens is 2. The Labute approximate surface area is 288 Å². The van der Waals surface area contributed by atoms with Gasteiger partial charge in [0.25, 0.3) is 0 Å². The molecule has 10 rings (SSSR count). The maximum absolute atomic E-state index is 6.35. The predicted molar refractivity (Wildman–Crippen MR) is 207 cm³/mol. The van der Waals surface area contributed by atoms with Crippen LogP contribution in [0, 0.1) is 0 Å². The van der Waals surface area contributed by atoms with Crippen LogP contribution in [0.4, 0.5) is 17.2 Å². The first-order chi connectivity index (χ1) is 24.7. The highest BCUT2D eigenvalue weighted by Crippen LogP contribution is 2.38. The molecule has 0 N–H and O–H groups in total. The molecule has 0 spiro atoms. The van der Waals surface area contributed by atoms with E-state index in [1.807, 2.05) is 12.3 Å². The zero-order valence-electron chi connectivity index (χ0n) is 27.0. The van der Waals surface area contributed by atoms with Crippen molar-refractivity contribution in [3.05, 3.63) is 176 Å². The Kier molecular flexibility index (Phi) is 6.46. The van der Waals surface area contributed by atoms with Crippen LogP contribution in [0.25, 0.3) is 76.8 Å². The van der Waals surface area contributed by atoms with E-state index < -0.39 is 0 Å². The fourth-order valence-corrected chi connectivity index (χ4v) is 7.08. The second-order valence-corrected chi connectivity index (χ2v) is 12.7. The summed E-state index contributed by atoms with van der Waals surface area (Å²) in [5, 5.41) is 8.16. The molecule has 4 heteroatoms. The van der Waals surface area contributed by atoms with Crippen molar-refractivity contribution in [1.82, 2.24) is 9.97 Å². The van der Waals surface area contributed by atoms with Gasteiger partial charge in [0.15, 0.2) is 5.82 Å². The maximum atomic E-state index is 6.35. The summed E-state index contributed by atoms with van der Waals surface area (Å²) in [6, 6.07) is 60.0. The highest BCUT2D eigenvalue weighted by atomic mass is 16.3. The molecule has 234 valence electrons. The van der Waals surface area contributed by atoms with Crippen LogP contribution in [0.15, 0.2) is 180 Å². The number of benzene rings is 8. The van der Waals surface area contributed by atoms with E-state index in [9.17, 15) is 0 Å². The van der Waals surface area contributed by atoms with Crippen molar-refractivity contribution in [2.24, 2.45) is 0 Å². The van der Waals surface area contributed by atoms with Crippen molar-refractivity contribution >= 4 is 71.7 Å². The number of anilines is 3. The highest BCUT2D eigenvalue weighted by Gasteiger charge is 2.19. The third-order valence-corrected chi connectivity index (χ3v) is 9.68. The third-order valence-electron chi connectivity index (χ3n) is 9.68. The lowest BCUT2D eigenvalue weighted by molar-refractivity contribution is 0.653. The third kappa shape index (κ3) is 4.85. The second kappa shape index (κ2) is 11.4. The molecule has 0 saturated carbocycles. The van der Waals surface area contributed by atoms with E-state index in [-0.39, 0.29) is 0 Å². The van der Waals surface area contributed by atoms with E-state index >= 15 is 0 Å². The number of hydrogen-bond donors (Lipinski definition) is 0. The average Bonchev–Trinajstić information content (AvgIpc) is 3.53. The molecule has 0 amide bonds. The van der Waals surface area contributed by atoms with E-state index in [2.05, 4.69) is 169 Å². The fourth-order valence-electron chi connectivity index (χ4n) is 7.08. The van der Waals surface area contributed by atoms with Gasteiger partial charge in [-0.3, -0.25) is 4.90 Å². The molecule has 0 aliphatic rings. The minimum absolute atomic E-state index is 0.512. The normalized spacial score (nSPS) is 11.6. The number of nitrogens with zero attached hydrogens (tertiary/aromatic N) is 3. The monoisotopic (exact) mass is 639 g/mol. The van der Waals surface area contributed by atoms with Gasteiger partial charge in [-0.05, 0) is 103 Å². The summed E-state index contributed by atoms with van der Waals surface area (Å²) in [4.78, 5) is 12.2. The first kappa shape index (κ1) is 28.3. The number of rotatable bonds is 5. The topological polar surface area (TPSA) is 42.2 Å². The summed E-state index contributed by atoms with van der Waals surface area (Å²) in [5.74, 6) is 0.679. The largest absolute Gasteiger partial charge is 0.436 e. The minimum atomic E-state index is 0.512. The van der Waals surface area contributed by atoms with E-state index in [1.165, 1.54) is 32.7 Å². The van der Waals surface area contributed by atoms with Gasteiger partial charge in [0, 0.05) is 16.8 Å². The number of fused-ring (bicyclic) bond motifs is 6. The SMILES string of the molecule is c1ccc2cc(-c3ccc(N(c4ccc(-c5ccc6ccccc6c5)cc4)c4cnc5c(n4)oc4cc6ccccc6cc45)cc3)ccc2c1. The van der Waals surface area contributed by atoms with E-state index in [0.29, 0.717) is 11.5 Å². The summed E-state index contributed by atoms with van der Waals surface area (Å²) < 4.78 is 6.35. The van der Waals surface area contributed by atoms with Crippen LogP contribution >= 0.6 is 0 Å². The lowest BCUT2D eigenvalue weighted by Gasteiger charge is -2.24. The van der Waals surface area contributed by atoms with Crippen LogP contribution in [-0.4, -0.2) is 9.97 Å². The molecule has 0 atom stereocenters. The molecule has 8 aromatic carbocycles. The molecule has 10 aromatic rings. The molecular formula is C46H29N3O. The summed E-state index contributed by atoms with van der Waals surface area (Å²) in [6.07, 6.45) is 1.85. The molecule has 4 nitrogen and oxygen atoms in total. The van der Waals surface area contributed by atoms with Gasteiger partial charge >= 0.3 is 0 Å². The van der Waals surface area contributed by atoms with Crippen LogP contribution in [0.3, 0.4) is 0 Å². The Bertz CT molecular complexity index is 2750. The minimum Gasteiger partial charge on any atom is -0.436 e. The van der Waals surface area contributed by atoms with E-state index in [0.717, 1.165) is 49.8 Å². The Hall–Kier alpha value is -6.78. The molecule has 0 radical (unpaired) electrons. The van der Waals surface area contributed by atoms with Gasteiger partial charge in [-0.25, -0.2) is 4.98 Å². The van der Waals surface area contributed by atoms with Gasteiger partial charge < -0.3 is 4.42 Å². The van der Waals surface area contributed by atoms with Gasteiger partial charge in [-0.2, -0.15) is 4.98 Å². The van der Waals surface area contributed by atoms with Crippen LogP contribution in [0.2, 0.25) is 0 Å². The molecule has 2 aromatic heterocycles. The van der Waals surface area contributed by atoms with Crippen molar-refractivity contribution in [2.75, 3.05) is 4.90 Å². The lowest BCUT2D eigenvalue weighted by Crippen LogP contribution is -2.12. The molecule has 0 saturated heterocycles. The van der Waals surface area contributed by atoms with E-state index in [4.69, 9.17) is 14.4 Å². The molecule has 0 fully saturated rings. The van der Waals surface area contributed by atoms with E-state index in [1.54, 1.807) is 0 Å². The maximum Gasteiger partial charge on any atom is 0.248 e. The van der Waals surface area contributed by atoms with Crippen molar-refractivity contribution in [1.29, 1.82) is 0 Å². The smallest absolute Gasteiger partial charge is 0.248 e. The summed E-state index contributed by atoms with van der Waals surface area (Å²) in [6.45, 7) is 0. The second-order valence-electron chi connectivity index (χ2n) is 12.7. The van der Waals surface area contributed by atoms with Crippen molar-refractivity contribution in [2.45, 2.75) is 0 Å². The van der Waals surface area contributed by atoms with Gasteiger partial charge in [0.05, 0.1) is 6.20 Å². The lowest BCUT2D eigenvalue weighted by atomic mass is 10.0. The Morgan fingerprint density at radius 2 is 0.880 bits per heavy atom. The average molecular weight is 640 g/mol. The Morgan fingerprint density at radius 1 is 0.420 bits per heavy atom. The summed E-state index contributed by atoms with van der Waals surface area (Å²) >= 11 is 0. The standard InChI is InChI=1S/C46H29N3O/c1-3-9-34-25-38(15-13-30(34)7-1)32-17-21-40(22-18-32)49(41-23-19-33(20-24-41)39-16-14-31-8-2-4-10-35(31)26-39)44-29-47-45-42-27-36-11-5-6-12-37(36)28-43(42)50-46(45)48-44/h1-29H.